The van der Waals surface area contributed by atoms with Crippen LogP contribution in [0.3, 0.4) is 0 Å². The number of hydrogen-bond acceptors (Lipinski definition) is 5. The van der Waals surface area contributed by atoms with Crippen molar-refractivity contribution in [2.75, 3.05) is 40.4 Å². The minimum atomic E-state index is -0.530. The maximum atomic E-state index is 10.6. The number of guanidine groups is 1. The first kappa shape index (κ1) is 23.9. The van der Waals surface area contributed by atoms with E-state index in [-0.39, 0.29) is 6.04 Å². The monoisotopic (exact) mass is 440 g/mol. The number of ether oxygens (including phenoxy) is 2. The van der Waals surface area contributed by atoms with Gasteiger partial charge in [0.15, 0.2) is 5.96 Å². The highest BCUT2D eigenvalue weighted by Crippen LogP contribution is 2.29. The lowest BCUT2D eigenvalue weighted by atomic mass is 10.00. The maximum Gasteiger partial charge on any atom is 0.191 e. The maximum absolute atomic E-state index is 10.6. The first-order chi connectivity index (χ1) is 15.5. The smallest absolute Gasteiger partial charge is 0.191 e. The highest BCUT2D eigenvalue weighted by Gasteiger charge is 2.19. The van der Waals surface area contributed by atoms with Crippen molar-refractivity contribution in [3.8, 4) is 11.5 Å². The summed E-state index contributed by atoms with van der Waals surface area (Å²) in [5.74, 6) is 2.22. The molecule has 2 aromatic carbocycles. The molecular weight excluding hydrogens is 404 g/mol. The minimum Gasteiger partial charge on any atom is -0.497 e. The Morgan fingerprint density at radius 3 is 2.66 bits per heavy atom. The third-order valence-corrected chi connectivity index (χ3v) is 5.74. The molecule has 2 atom stereocenters. The van der Waals surface area contributed by atoms with Crippen LogP contribution in [0.15, 0.2) is 47.5 Å². The topological polar surface area (TPSA) is 78.4 Å². The summed E-state index contributed by atoms with van der Waals surface area (Å²) < 4.78 is 10.9. The van der Waals surface area contributed by atoms with Gasteiger partial charge in [-0.15, -0.1) is 0 Å². The number of fused-ring (bicyclic) bond motifs is 1. The summed E-state index contributed by atoms with van der Waals surface area (Å²) in [5, 5.41) is 17.3. The van der Waals surface area contributed by atoms with Gasteiger partial charge in [-0.3, -0.25) is 9.89 Å². The van der Waals surface area contributed by atoms with Gasteiger partial charge in [0.25, 0.3) is 0 Å². The van der Waals surface area contributed by atoms with Gasteiger partial charge in [0.05, 0.1) is 32.9 Å². The van der Waals surface area contributed by atoms with Gasteiger partial charge in [0.1, 0.15) is 11.5 Å². The fourth-order valence-corrected chi connectivity index (χ4v) is 4.04. The average molecular weight is 441 g/mol. The fraction of sp³-hybridized carbons (Fsp3) is 0.480. The Labute approximate surface area is 191 Å². The molecule has 1 aliphatic rings. The molecule has 0 bridgehead atoms. The normalized spacial score (nSPS) is 16.1. The second kappa shape index (κ2) is 11.7. The molecule has 2 unspecified atom stereocenters. The number of aliphatic hydroxyl groups excluding tert-OH is 1. The molecule has 3 N–H and O–H groups in total. The third-order valence-electron chi connectivity index (χ3n) is 5.74. The van der Waals surface area contributed by atoms with Gasteiger partial charge >= 0.3 is 0 Å². The van der Waals surface area contributed by atoms with E-state index < -0.39 is 6.10 Å². The Bertz CT molecular complexity index is 903. The van der Waals surface area contributed by atoms with Crippen molar-refractivity contribution in [2.24, 2.45) is 4.99 Å². The van der Waals surface area contributed by atoms with Crippen molar-refractivity contribution in [3.05, 3.63) is 59.2 Å². The van der Waals surface area contributed by atoms with Gasteiger partial charge in [-0.1, -0.05) is 24.3 Å². The van der Waals surface area contributed by atoms with E-state index >= 15 is 0 Å². The number of nitrogens with zero attached hydrogens (tertiary/aromatic N) is 2. The highest BCUT2D eigenvalue weighted by molar-refractivity contribution is 5.80. The predicted octanol–water partition coefficient (Wildman–Crippen LogP) is 2.74. The van der Waals surface area contributed by atoms with E-state index in [9.17, 15) is 5.11 Å². The Balaban J connectivity index is 1.60. The van der Waals surface area contributed by atoms with Crippen molar-refractivity contribution < 1.29 is 14.6 Å². The summed E-state index contributed by atoms with van der Waals surface area (Å²) >= 11 is 0. The van der Waals surface area contributed by atoms with E-state index in [4.69, 9.17) is 9.47 Å². The molecule has 0 saturated carbocycles. The van der Waals surface area contributed by atoms with Crippen LogP contribution in [0.25, 0.3) is 0 Å². The van der Waals surface area contributed by atoms with Crippen LogP contribution in [-0.4, -0.2) is 62.5 Å². The molecule has 1 heterocycles. The second-order valence-electron chi connectivity index (χ2n) is 8.10. The first-order valence-electron chi connectivity index (χ1n) is 11.3. The largest absolute Gasteiger partial charge is 0.497 e. The van der Waals surface area contributed by atoms with Crippen molar-refractivity contribution in [3.63, 3.8) is 0 Å². The molecule has 174 valence electrons. The van der Waals surface area contributed by atoms with Crippen LogP contribution < -0.4 is 20.1 Å². The van der Waals surface area contributed by atoms with E-state index in [1.54, 1.807) is 14.2 Å². The zero-order chi connectivity index (χ0) is 22.9. The zero-order valence-electron chi connectivity index (χ0n) is 19.6. The molecule has 32 heavy (non-hydrogen) atoms. The number of rotatable bonds is 9. The zero-order valence-corrected chi connectivity index (χ0v) is 19.6. The molecule has 1 aliphatic heterocycles. The van der Waals surface area contributed by atoms with Crippen LogP contribution in [0, 0.1) is 0 Å². The lowest BCUT2D eigenvalue weighted by molar-refractivity contribution is 0.111. The van der Waals surface area contributed by atoms with Crippen LogP contribution in [0.2, 0.25) is 0 Å². The van der Waals surface area contributed by atoms with Gasteiger partial charge in [0, 0.05) is 31.7 Å². The molecule has 0 saturated heterocycles. The molecule has 0 fully saturated rings. The van der Waals surface area contributed by atoms with E-state index in [2.05, 4.69) is 44.8 Å². The van der Waals surface area contributed by atoms with Crippen molar-refractivity contribution >= 4 is 5.96 Å². The van der Waals surface area contributed by atoms with Crippen LogP contribution >= 0.6 is 0 Å². The lowest BCUT2D eigenvalue weighted by Crippen LogP contribution is -2.41. The predicted molar refractivity (Wildman–Crippen MR) is 129 cm³/mol. The Morgan fingerprint density at radius 2 is 1.94 bits per heavy atom. The summed E-state index contributed by atoms with van der Waals surface area (Å²) in [6.07, 6.45) is 0.494. The molecule has 3 rings (SSSR count). The first-order valence-corrected chi connectivity index (χ1v) is 11.3. The number of aliphatic hydroxyl groups is 1. The third kappa shape index (κ3) is 6.37. The van der Waals surface area contributed by atoms with Crippen molar-refractivity contribution in [2.45, 2.75) is 39.0 Å². The van der Waals surface area contributed by atoms with Gasteiger partial charge in [-0.05, 0) is 49.6 Å². The van der Waals surface area contributed by atoms with E-state index in [1.165, 1.54) is 11.1 Å². The van der Waals surface area contributed by atoms with Gasteiger partial charge in [-0.25, -0.2) is 0 Å². The summed E-state index contributed by atoms with van der Waals surface area (Å²) in [6, 6.07) is 14.2. The Kier molecular flexibility index (Phi) is 8.76. The van der Waals surface area contributed by atoms with E-state index in [0.717, 1.165) is 43.1 Å². The average Bonchev–Trinajstić information content (AvgIpc) is 2.82. The molecule has 7 nitrogen and oxygen atoms in total. The summed E-state index contributed by atoms with van der Waals surface area (Å²) in [5.41, 5.74) is 3.74. The van der Waals surface area contributed by atoms with Gasteiger partial charge in [-0.2, -0.15) is 0 Å². The number of benzene rings is 2. The number of aliphatic imine (C=N–C) groups is 1. The molecule has 0 aromatic heterocycles. The molecule has 0 spiro atoms. The molecule has 0 amide bonds. The molecule has 0 aliphatic carbocycles. The minimum absolute atomic E-state index is 0.0615. The Morgan fingerprint density at radius 1 is 1.16 bits per heavy atom. The standard InChI is InChI=1S/C25H36N4O3/c1-5-26-25(28-18(2)23-14-22(31-3)10-11-24(23)32-4)27-15-21(30)17-29-13-12-19-8-6-7-9-20(19)16-29/h6-11,14,18,21,30H,5,12-13,15-17H2,1-4H3,(H2,26,27,28). The number of nitrogens with one attached hydrogen (secondary N) is 2. The van der Waals surface area contributed by atoms with Gasteiger partial charge in [0.2, 0.25) is 0 Å². The number of hydrogen-bond donors (Lipinski definition) is 3. The van der Waals surface area contributed by atoms with Crippen molar-refractivity contribution in [1.29, 1.82) is 0 Å². The molecule has 2 aromatic rings. The summed E-state index contributed by atoms with van der Waals surface area (Å²) in [6.45, 7) is 7.57. The second-order valence-corrected chi connectivity index (χ2v) is 8.10. The molecule has 0 radical (unpaired) electrons. The van der Waals surface area contributed by atoms with Crippen molar-refractivity contribution in [1.82, 2.24) is 15.5 Å². The molecular formula is C25H36N4O3. The summed E-state index contributed by atoms with van der Waals surface area (Å²) in [7, 11) is 3.31. The van der Waals surface area contributed by atoms with Crippen LogP contribution in [0.1, 0.15) is 36.6 Å². The van der Waals surface area contributed by atoms with E-state index in [1.807, 2.05) is 32.0 Å². The SMILES string of the molecule is CCNC(=NCC(O)CN1CCc2ccccc2C1)NC(C)c1cc(OC)ccc1OC. The Hall–Kier alpha value is -2.77. The van der Waals surface area contributed by atoms with Crippen LogP contribution in [-0.2, 0) is 13.0 Å². The summed E-state index contributed by atoms with van der Waals surface area (Å²) in [4.78, 5) is 6.93. The lowest BCUT2D eigenvalue weighted by Gasteiger charge is -2.30. The van der Waals surface area contributed by atoms with E-state index in [0.29, 0.717) is 19.0 Å². The van der Waals surface area contributed by atoms with Crippen LogP contribution in [0.5, 0.6) is 11.5 Å². The highest BCUT2D eigenvalue weighted by atomic mass is 16.5. The molecule has 7 heteroatoms. The number of β-amino-alcohol motifs (C(OH)–C–C–N with tert-alkyl or cyclic N) is 1. The van der Waals surface area contributed by atoms with Crippen LogP contribution in [0.4, 0.5) is 0 Å². The fourth-order valence-electron chi connectivity index (χ4n) is 4.04. The number of methoxy groups -OCH3 is 2. The van der Waals surface area contributed by atoms with Gasteiger partial charge < -0.3 is 25.2 Å². The quantitative estimate of drug-likeness (QED) is 0.411.